The van der Waals surface area contributed by atoms with Gasteiger partial charge in [0.15, 0.2) is 0 Å². The van der Waals surface area contributed by atoms with Crippen LogP contribution in [0.3, 0.4) is 0 Å². The van der Waals surface area contributed by atoms with Gasteiger partial charge < -0.3 is 10.2 Å². The van der Waals surface area contributed by atoms with Gasteiger partial charge in [0.2, 0.25) is 0 Å². The molecule has 1 aliphatic heterocycles. The number of nitrogens with one attached hydrogen (secondary N) is 1. The van der Waals surface area contributed by atoms with Gasteiger partial charge in [0, 0.05) is 33.8 Å². The summed E-state index contributed by atoms with van der Waals surface area (Å²) in [5.74, 6) is 0.301. The fraction of sp³-hybridized carbons (Fsp3) is 0.407. The monoisotopic (exact) mass is 511 g/mol. The SMILES string of the molecule is CSSC(C)(C)CN1CCC(c2nc(C(=O)Nc3ccc(C)cc3-c3ccccc3)cs2)CC1. The number of thiazole rings is 1. The van der Waals surface area contributed by atoms with Gasteiger partial charge in [-0.1, -0.05) is 63.5 Å². The van der Waals surface area contributed by atoms with Crippen molar-refractivity contribution < 1.29 is 4.79 Å². The number of nitrogens with zero attached hydrogens (tertiary/aromatic N) is 2. The molecule has 0 unspecified atom stereocenters. The topological polar surface area (TPSA) is 45.2 Å². The van der Waals surface area contributed by atoms with E-state index < -0.39 is 0 Å². The largest absolute Gasteiger partial charge is 0.320 e. The van der Waals surface area contributed by atoms with Crippen LogP contribution in [0.5, 0.6) is 0 Å². The first-order valence-electron chi connectivity index (χ1n) is 11.7. The molecule has 4 nitrogen and oxygen atoms in total. The Balaban J connectivity index is 1.40. The first-order chi connectivity index (χ1) is 16.3. The first-order valence-corrected chi connectivity index (χ1v) is 15.2. The van der Waals surface area contributed by atoms with Crippen molar-refractivity contribution in [1.29, 1.82) is 0 Å². The summed E-state index contributed by atoms with van der Waals surface area (Å²) in [5, 5.41) is 6.11. The maximum atomic E-state index is 13.1. The third-order valence-electron chi connectivity index (χ3n) is 6.11. The number of hydrogen-bond donors (Lipinski definition) is 1. The van der Waals surface area contributed by atoms with E-state index in [1.807, 2.05) is 57.3 Å². The van der Waals surface area contributed by atoms with Gasteiger partial charge in [0.1, 0.15) is 5.69 Å². The Bertz CT molecular complexity index is 1110. The lowest BCUT2D eigenvalue weighted by atomic mass is 9.97. The van der Waals surface area contributed by atoms with Gasteiger partial charge in [-0.25, -0.2) is 4.98 Å². The number of aromatic nitrogens is 1. The van der Waals surface area contributed by atoms with Crippen LogP contribution in [-0.4, -0.2) is 46.4 Å². The number of anilines is 1. The fourth-order valence-electron chi connectivity index (χ4n) is 4.52. The lowest BCUT2D eigenvalue weighted by molar-refractivity contribution is 0.102. The molecule has 2 aromatic carbocycles. The van der Waals surface area contributed by atoms with E-state index in [0.29, 0.717) is 11.6 Å². The van der Waals surface area contributed by atoms with Gasteiger partial charge in [-0.2, -0.15) is 0 Å². The molecule has 7 heteroatoms. The Morgan fingerprint density at radius 2 is 1.91 bits per heavy atom. The summed E-state index contributed by atoms with van der Waals surface area (Å²) < 4.78 is 0.257. The second kappa shape index (κ2) is 11.3. The standard InChI is InChI=1S/C27H33N3OS3/c1-19-10-11-23(22(16-19)20-8-6-5-7-9-20)28-25(31)24-17-33-26(29-24)21-12-14-30(15-13-21)18-27(2,3)34-32-4/h5-11,16-17,21H,12-15,18H2,1-4H3,(H,28,31). The van der Waals surface area contributed by atoms with Gasteiger partial charge in [-0.05, 0) is 70.7 Å². The van der Waals surface area contributed by atoms with Crippen molar-refractivity contribution in [2.75, 3.05) is 31.2 Å². The highest BCUT2D eigenvalue weighted by atomic mass is 33.1. The highest BCUT2D eigenvalue weighted by Gasteiger charge is 2.28. The first kappa shape index (κ1) is 25.3. The summed E-state index contributed by atoms with van der Waals surface area (Å²) >= 11 is 1.62. The molecule has 1 saturated heterocycles. The zero-order valence-electron chi connectivity index (χ0n) is 20.3. The number of carbonyl (C=O) groups excluding carboxylic acids is 1. The summed E-state index contributed by atoms with van der Waals surface area (Å²) in [6.07, 6.45) is 4.35. The average Bonchev–Trinajstić information content (AvgIpc) is 3.31. The van der Waals surface area contributed by atoms with Crippen LogP contribution in [0, 0.1) is 6.92 Å². The summed E-state index contributed by atoms with van der Waals surface area (Å²) in [7, 11) is 3.80. The van der Waals surface area contributed by atoms with Crippen molar-refractivity contribution in [2.24, 2.45) is 0 Å². The molecule has 1 aliphatic rings. The molecular weight excluding hydrogens is 479 g/mol. The maximum absolute atomic E-state index is 13.1. The van der Waals surface area contributed by atoms with Crippen LogP contribution in [0.25, 0.3) is 11.1 Å². The lowest BCUT2D eigenvalue weighted by Crippen LogP contribution is -2.40. The normalized spacial score (nSPS) is 15.4. The van der Waals surface area contributed by atoms with Crippen molar-refractivity contribution in [1.82, 2.24) is 9.88 Å². The van der Waals surface area contributed by atoms with Crippen molar-refractivity contribution >= 4 is 44.5 Å². The van der Waals surface area contributed by atoms with E-state index in [9.17, 15) is 4.79 Å². The Morgan fingerprint density at radius 1 is 1.18 bits per heavy atom. The van der Waals surface area contributed by atoms with Crippen LogP contribution in [0.15, 0.2) is 53.9 Å². The van der Waals surface area contributed by atoms with E-state index in [-0.39, 0.29) is 10.7 Å². The number of aryl methyl sites for hydroxylation is 1. The van der Waals surface area contributed by atoms with E-state index in [1.54, 1.807) is 11.3 Å². The van der Waals surface area contributed by atoms with Crippen molar-refractivity contribution in [3.63, 3.8) is 0 Å². The van der Waals surface area contributed by atoms with E-state index in [4.69, 9.17) is 4.98 Å². The smallest absolute Gasteiger partial charge is 0.275 e. The molecule has 1 amide bonds. The Morgan fingerprint density at radius 3 is 2.62 bits per heavy atom. The molecule has 3 aromatic rings. The second-order valence-corrected chi connectivity index (χ2v) is 13.5. The maximum Gasteiger partial charge on any atom is 0.275 e. The molecule has 0 spiro atoms. The van der Waals surface area contributed by atoms with E-state index in [0.717, 1.165) is 59.9 Å². The molecular formula is C27H33N3OS3. The fourth-order valence-corrected chi connectivity index (χ4v) is 7.69. The zero-order chi connectivity index (χ0) is 24.1. The average molecular weight is 512 g/mol. The van der Waals surface area contributed by atoms with Crippen LogP contribution in [0.1, 0.15) is 53.7 Å². The van der Waals surface area contributed by atoms with Crippen LogP contribution < -0.4 is 5.32 Å². The van der Waals surface area contributed by atoms with Crippen molar-refractivity contribution in [3.05, 3.63) is 70.2 Å². The Hall–Kier alpha value is -1.80. The van der Waals surface area contributed by atoms with E-state index in [2.05, 4.69) is 55.4 Å². The van der Waals surface area contributed by atoms with Crippen LogP contribution >= 0.6 is 32.9 Å². The molecule has 0 radical (unpaired) electrons. The number of carbonyl (C=O) groups is 1. The minimum atomic E-state index is -0.142. The summed E-state index contributed by atoms with van der Waals surface area (Å²) in [5.41, 5.74) is 4.61. The molecule has 34 heavy (non-hydrogen) atoms. The van der Waals surface area contributed by atoms with Crippen LogP contribution in [-0.2, 0) is 0 Å². The number of amides is 1. The molecule has 4 rings (SSSR count). The van der Waals surface area contributed by atoms with E-state index in [1.165, 1.54) is 0 Å². The predicted octanol–water partition coefficient (Wildman–Crippen LogP) is 7.34. The molecule has 0 atom stereocenters. The van der Waals surface area contributed by atoms with Crippen LogP contribution in [0.2, 0.25) is 0 Å². The van der Waals surface area contributed by atoms with Gasteiger partial charge >= 0.3 is 0 Å². The number of piperidine rings is 1. The molecule has 0 aliphatic carbocycles. The number of rotatable bonds is 8. The van der Waals surface area contributed by atoms with Gasteiger partial charge in [0.25, 0.3) is 5.91 Å². The predicted molar refractivity (Wildman–Crippen MR) is 150 cm³/mol. The zero-order valence-corrected chi connectivity index (χ0v) is 22.8. The highest BCUT2D eigenvalue weighted by molar-refractivity contribution is 8.76. The summed E-state index contributed by atoms with van der Waals surface area (Å²) in [6, 6.07) is 16.3. The minimum Gasteiger partial charge on any atom is -0.320 e. The highest BCUT2D eigenvalue weighted by Crippen LogP contribution is 2.37. The van der Waals surface area contributed by atoms with Crippen molar-refractivity contribution in [3.8, 4) is 11.1 Å². The number of hydrogen-bond acceptors (Lipinski definition) is 6. The number of likely N-dealkylation sites (tertiary alicyclic amines) is 1. The third-order valence-corrected chi connectivity index (χ3v) is 9.72. The van der Waals surface area contributed by atoms with E-state index >= 15 is 0 Å². The summed E-state index contributed by atoms with van der Waals surface area (Å²) in [4.78, 5) is 20.4. The van der Waals surface area contributed by atoms with Gasteiger partial charge in [0.05, 0.1) is 5.01 Å². The molecule has 180 valence electrons. The number of benzene rings is 2. The quantitative estimate of drug-likeness (QED) is 0.321. The molecule has 2 heterocycles. The van der Waals surface area contributed by atoms with Gasteiger partial charge in [-0.15, -0.1) is 11.3 Å². The molecule has 0 bridgehead atoms. The lowest BCUT2D eigenvalue weighted by Gasteiger charge is -2.36. The summed E-state index contributed by atoms with van der Waals surface area (Å²) in [6.45, 7) is 10.0. The van der Waals surface area contributed by atoms with Crippen LogP contribution in [0.4, 0.5) is 5.69 Å². The minimum absolute atomic E-state index is 0.142. The van der Waals surface area contributed by atoms with Gasteiger partial charge in [-0.3, -0.25) is 4.79 Å². The molecule has 1 aromatic heterocycles. The second-order valence-electron chi connectivity index (χ2n) is 9.50. The molecule has 1 N–H and O–H groups in total. The van der Waals surface area contributed by atoms with Crippen molar-refractivity contribution in [2.45, 2.75) is 44.3 Å². The Kier molecular flexibility index (Phi) is 8.40. The molecule has 0 saturated carbocycles. The molecule has 1 fully saturated rings. The third kappa shape index (κ3) is 6.45. The Labute approximate surface area is 215 Å².